The highest BCUT2D eigenvalue weighted by Crippen LogP contribution is 2.42. The minimum atomic E-state index is -0.628. The average Bonchev–Trinajstić information content (AvgIpc) is 3.38. The Bertz CT molecular complexity index is 1630. The number of carbonyl (C=O) groups is 1. The van der Waals surface area contributed by atoms with E-state index in [1.54, 1.807) is 0 Å². The van der Waals surface area contributed by atoms with E-state index < -0.39 is 6.29 Å². The van der Waals surface area contributed by atoms with E-state index in [4.69, 9.17) is 9.47 Å². The molecule has 10 heteroatoms. The van der Waals surface area contributed by atoms with Gasteiger partial charge in [-0.2, -0.15) is 0 Å². The Morgan fingerprint density at radius 1 is 1.00 bits per heavy atom. The lowest BCUT2D eigenvalue weighted by Gasteiger charge is -2.44. The number of hydrogen-bond acceptors (Lipinski definition) is 6. The van der Waals surface area contributed by atoms with E-state index >= 15 is 0 Å². The number of benzene rings is 3. The third-order valence-electron chi connectivity index (χ3n) is 8.86. The van der Waals surface area contributed by atoms with Gasteiger partial charge in [0.25, 0.3) is 0 Å². The maximum Gasteiger partial charge on any atom is 0.326 e. The molecule has 2 aliphatic heterocycles. The molecule has 0 radical (unpaired) electrons. The number of ether oxygens (including phenoxy) is 2. The van der Waals surface area contributed by atoms with E-state index in [0.29, 0.717) is 12.2 Å². The summed E-state index contributed by atoms with van der Waals surface area (Å²) in [5, 5.41) is 15.2. The van der Waals surface area contributed by atoms with E-state index in [2.05, 4.69) is 27.4 Å². The second-order valence-electron chi connectivity index (χ2n) is 11.8. The molecule has 44 heavy (non-hydrogen) atoms. The summed E-state index contributed by atoms with van der Waals surface area (Å²) in [5.41, 5.74) is 5.15. The zero-order valence-corrected chi connectivity index (χ0v) is 25.2. The molecule has 0 bridgehead atoms. The number of fused-ring (bicyclic) bond motifs is 1. The molecule has 4 aromatic rings. The molecule has 3 heterocycles. The summed E-state index contributed by atoms with van der Waals surface area (Å²) in [5.74, 6) is 0.0526. The van der Waals surface area contributed by atoms with Crippen LogP contribution in [0.5, 0.6) is 0 Å². The minimum absolute atomic E-state index is 0.0122. The Morgan fingerprint density at radius 2 is 1.77 bits per heavy atom. The van der Waals surface area contributed by atoms with Gasteiger partial charge >= 0.3 is 11.7 Å². The molecule has 232 valence electrons. The van der Waals surface area contributed by atoms with Crippen LogP contribution in [0.2, 0.25) is 0 Å². The maximum absolute atomic E-state index is 12.8. The lowest BCUT2D eigenvalue weighted by atomic mass is 9.89. The normalized spacial score (nSPS) is 23.1. The van der Waals surface area contributed by atoms with Crippen LogP contribution in [0.3, 0.4) is 0 Å². The highest BCUT2D eigenvalue weighted by atomic mass is 16.7. The number of amides is 2. The Hall–Kier alpha value is -3.96. The first-order valence-electron chi connectivity index (χ1n) is 15.5. The number of H-pyrrole nitrogens is 1. The second kappa shape index (κ2) is 13.4. The first kappa shape index (κ1) is 30.1. The first-order chi connectivity index (χ1) is 21.4. The lowest BCUT2D eigenvalue weighted by molar-refractivity contribution is -0.276. The van der Waals surface area contributed by atoms with E-state index in [-0.39, 0.29) is 42.5 Å². The number of aliphatic hydroxyl groups is 1. The minimum Gasteiger partial charge on any atom is -0.392 e. The van der Waals surface area contributed by atoms with E-state index in [1.165, 1.54) is 0 Å². The Morgan fingerprint density at radius 3 is 2.52 bits per heavy atom. The van der Waals surface area contributed by atoms with Gasteiger partial charge in [-0.05, 0) is 55.2 Å². The summed E-state index contributed by atoms with van der Waals surface area (Å²) < 4.78 is 15.2. The third-order valence-corrected chi connectivity index (χ3v) is 8.86. The predicted octanol–water partition coefficient (Wildman–Crippen LogP) is 5.09. The summed E-state index contributed by atoms with van der Waals surface area (Å²) >= 11 is 0. The Labute approximate surface area is 257 Å². The number of urea groups is 1. The van der Waals surface area contributed by atoms with Crippen molar-refractivity contribution >= 4 is 22.8 Å². The lowest BCUT2D eigenvalue weighted by Crippen LogP contribution is -2.47. The molecule has 6 rings (SSSR count). The number of likely N-dealkylation sites (tertiary alicyclic amines) is 1. The van der Waals surface area contributed by atoms with Crippen molar-refractivity contribution in [1.82, 2.24) is 19.8 Å². The number of anilines is 1. The van der Waals surface area contributed by atoms with Gasteiger partial charge in [-0.25, -0.2) is 9.59 Å². The van der Waals surface area contributed by atoms with Gasteiger partial charge < -0.3 is 35.1 Å². The molecule has 4 N–H and O–H groups in total. The van der Waals surface area contributed by atoms with Crippen LogP contribution in [0.25, 0.3) is 11.0 Å². The van der Waals surface area contributed by atoms with Gasteiger partial charge in [-0.3, -0.25) is 4.57 Å². The molecule has 0 unspecified atom stereocenters. The quantitative estimate of drug-likeness (QED) is 0.224. The number of aliphatic hydroxyl groups excluding tert-OH is 1. The smallest absolute Gasteiger partial charge is 0.326 e. The summed E-state index contributed by atoms with van der Waals surface area (Å²) in [6.07, 6.45) is 0.777. The fourth-order valence-electron chi connectivity index (χ4n) is 6.48. The van der Waals surface area contributed by atoms with Gasteiger partial charge in [0.2, 0.25) is 0 Å². The topological polar surface area (TPSA) is 121 Å². The molecule has 3 aromatic carbocycles. The van der Waals surface area contributed by atoms with Crippen LogP contribution in [-0.4, -0.2) is 57.9 Å². The van der Waals surface area contributed by atoms with Crippen molar-refractivity contribution in [3.05, 3.63) is 100.0 Å². The zero-order chi connectivity index (χ0) is 30.6. The number of imidazole rings is 1. The van der Waals surface area contributed by atoms with Gasteiger partial charge in [0.1, 0.15) is 0 Å². The molecule has 0 spiro atoms. The number of nitrogens with one attached hydrogen (secondary N) is 3. The highest BCUT2D eigenvalue weighted by Gasteiger charge is 2.39. The second-order valence-corrected chi connectivity index (χ2v) is 11.8. The van der Waals surface area contributed by atoms with Crippen LogP contribution in [-0.2, 0) is 16.1 Å². The van der Waals surface area contributed by atoms with Crippen molar-refractivity contribution in [3.63, 3.8) is 0 Å². The standard InChI is InChI=1S/C34H41N5O5/c1-3-35-33(41)36-26-8-6-7-25(19-26)32-43-30(22(2)31(44-32)24-13-11-23(21-40)12-14-24)20-38-17-15-27(16-18-38)39-29-10-5-4-9-28(29)37-34(39)42/h4-14,19,22,27,30-32,40H,3,15-18,20-21H2,1-2H3,(H,37,42)(H2,35,36,41)/t22-,30+,31+,32+/m1/s1. The van der Waals surface area contributed by atoms with Crippen LogP contribution in [0.4, 0.5) is 10.5 Å². The molecular weight excluding hydrogens is 558 g/mol. The van der Waals surface area contributed by atoms with Crippen molar-refractivity contribution in [2.45, 2.75) is 57.8 Å². The van der Waals surface area contributed by atoms with Gasteiger partial charge in [0.05, 0.1) is 29.8 Å². The number of aromatic nitrogens is 2. The molecule has 1 aromatic heterocycles. The number of carbonyl (C=O) groups excluding carboxylic acids is 1. The highest BCUT2D eigenvalue weighted by molar-refractivity contribution is 5.89. The largest absolute Gasteiger partial charge is 0.392 e. The van der Waals surface area contributed by atoms with Crippen molar-refractivity contribution in [3.8, 4) is 0 Å². The van der Waals surface area contributed by atoms with Crippen LogP contribution < -0.4 is 16.3 Å². The number of piperidine rings is 1. The van der Waals surface area contributed by atoms with Crippen molar-refractivity contribution < 1.29 is 19.4 Å². The molecule has 2 amide bonds. The van der Waals surface area contributed by atoms with Crippen LogP contribution in [0.1, 0.15) is 61.8 Å². The SMILES string of the molecule is CCNC(=O)Nc1cccc([C@H]2O[C@@H](CN3CCC(n4c(=O)[nH]c5ccccc54)CC3)[C@@H](C)[C@@H](c3ccc(CO)cc3)O2)c1. The number of hydrogen-bond donors (Lipinski definition) is 4. The zero-order valence-electron chi connectivity index (χ0n) is 25.2. The van der Waals surface area contributed by atoms with Gasteiger partial charge in [-0.1, -0.05) is 55.5 Å². The van der Waals surface area contributed by atoms with Crippen LogP contribution in [0.15, 0.2) is 77.6 Å². The molecule has 2 fully saturated rings. The van der Waals surface area contributed by atoms with Crippen molar-refractivity contribution in [1.29, 1.82) is 0 Å². The van der Waals surface area contributed by atoms with Crippen LogP contribution >= 0.6 is 0 Å². The summed E-state index contributed by atoms with van der Waals surface area (Å²) in [6.45, 7) is 7.01. The molecule has 4 atom stereocenters. The van der Waals surface area contributed by atoms with Crippen molar-refractivity contribution in [2.75, 3.05) is 31.5 Å². The molecular formula is C34H41N5O5. The summed E-state index contributed by atoms with van der Waals surface area (Å²) in [4.78, 5) is 30.4. The monoisotopic (exact) mass is 599 g/mol. The fraction of sp³-hybridized carbons (Fsp3) is 0.412. The predicted molar refractivity (Wildman–Crippen MR) is 169 cm³/mol. The molecule has 2 saturated heterocycles. The van der Waals surface area contributed by atoms with E-state index in [1.807, 2.05) is 84.3 Å². The van der Waals surface area contributed by atoms with Gasteiger partial charge in [0, 0.05) is 49.4 Å². The first-order valence-corrected chi connectivity index (χ1v) is 15.5. The van der Waals surface area contributed by atoms with Gasteiger partial charge in [0.15, 0.2) is 6.29 Å². The Kier molecular flexibility index (Phi) is 9.13. The van der Waals surface area contributed by atoms with E-state index in [9.17, 15) is 14.7 Å². The number of rotatable bonds is 8. The van der Waals surface area contributed by atoms with Crippen molar-refractivity contribution in [2.24, 2.45) is 5.92 Å². The molecule has 2 aliphatic rings. The van der Waals surface area contributed by atoms with Crippen LogP contribution in [0, 0.1) is 5.92 Å². The number of nitrogens with zero attached hydrogens (tertiary/aromatic N) is 2. The van der Waals surface area contributed by atoms with Gasteiger partial charge in [-0.15, -0.1) is 0 Å². The average molecular weight is 600 g/mol. The Balaban J connectivity index is 1.20. The summed E-state index contributed by atoms with van der Waals surface area (Å²) in [6, 6.07) is 23.2. The fourth-order valence-corrected chi connectivity index (χ4v) is 6.48. The maximum atomic E-state index is 12.8. The number of aromatic amines is 1. The van der Waals surface area contributed by atoms with E-state index in [0.717, 1.165) is 60.2 Å². The third kappa shape index (κ3) is 6.44. The summed E-state index contributed by atoms with van der Waals surface area (Å²) in [7, 11) is 0. The molecule has 0 aliphatic carbocycles. The molecule has 10 nitrogen and oxygen atoms in total. The number of para-hydroxylation sites is 2. The molecule has 0 saturated carbocycles.